The van der Waals surface area contributed by atoms with E-state index >= 15 is 0 Å². The van der Waals surface area contributed by atoms with Crippen LogP contribution in [0.2, 0.25) is 0 Å². The van der Waals surface area contributed by atoms with Crippen LogP contribution in [0.25, 0.3) is 0 Å². The van der Waals surface area contributed by atoms with Crippen molar-refractivity contribution in [3.8, 4) is 0 Å². The normalized spacial score (nSPS) is 29.4. The van der Waals surface area contributed by atoms with E-state index in [1.54, 1.807) is 0 Å². The zero-order valence-corrected chi connectivity index (χ0v) is 13.3. The number of hydrogen-bond acceptors (Lipinski definition) is 4. The Hall–Kier alpha value is -1.46. The summed E-state index contributed by atoms with van der Waals surface area (Å²) < 4.78 is 0. The van der Waals surface area contributed by atoms with E-state index in [1.807, 2.05) is 18.3 Å². The molecule has 5 heteroatoms. The highest BCUT2D eigenvalue weighted by molar-refractivity contribution is 5.82. The van der Waals surface area contributed by atoms with Crippen molar-refractivity contribution in [2.45, 2.75) is 44.8 Å². The summed E-state index contributed by atoms with van der Waals surface area (Å²) in [6, 6.07) is 6.39. The maximum absolute atomic E-state index is 12.2. The number of hydrogen-bond donors (Lipinski definition) is 2. The van der Waals surface area contributed by atoms with Crippen LogP contribution in [0.1, 0.15) is 31.9 Å². The molecule has 2 saturated heterocycles. The first-order valence-corrected chi connectivity index (χ1v) is 8.38. The second-order valence-electron chi connectivity index (χ2n) is 6.59. The monoisotopic (exact) mass is 302 g/mol. The predicted molar refractivity (Wildman–Crippen MR) is 86.3 cm³/mol. The molecule has 1 aromatic rings. The maximum Gasteiger partial charge on any atom is 0.237 e. The molecule has 3 rings (SSSR count). The lowest BCUT2D eigenvalue weighted by molar-refractivity contribution is -0.124. The highest BCUT2D eigenvalue weighted by Gasteiger charge is 2.30. The Bertz CT molecular complexity index is 487. The van der Waals surface area contributed by atoms with Gasteiger partial charge in [-0.2, -0.15) is 0 Å². The molecule has 1 aromatic heterocycles. The average Bonchev–Trinajstić information content (AvgIpc) is 3.05. The first-order valence-electron chi connectivity index (χ1n) is 8.38. The molecule has 2 aliphatic heterocycles. The third kappa shape index (κ3) is 3.84. The summed E-state index contributed by atoms with van der Waals surface area (Å²) in [4.78, 5) is 19.1. The fraction of sp³-hybridized carbons (Fsp3) is 0.647. The van der Waals surface area contributed by atoms with Gasteiger partial charge in [-0.25, -0.2) is 0 Å². The highest BCUT2D eigenvalue weighted by Crippen LogP contribution is 2.19. The van der Waals surface area contributed by atoms with Crippen LogP contribution in [0, 0.1) is 5.92 Å². The second kappa shape index (κ2) is 7.20. The molecule has 22 heavy (non-hydrogen) atoms. The minimum absolute atomic E-state index is 0.0266. The molecule has 0 unspecified atom stereocenters. The molecule has 3 heterocycles. The SMILES string of the molecule is C[C@@H]1CN(Cc2ccccn2)CC[C@@H]1NC(=O)[C@@H]1CCCN1. The van der Waals surface area contributed by atoms with Crippen molar-refractivity contribution in [1.29, 1.82) is 0 Å². The lowest BCUT2D eigenvalue weighted by atomic mass is 9.93. The minimum Gasteiger partial charge on any atom is -0.352 e. The van der Waals surface area contributed by atoms with Gasteiger partial charge in [0.2, 0.25) is 5.91 Å². The van der Waals surface area contributed by atoms with Crippen molar-refractivity contribution in [2.75, 3.05) is 19.6 Å². The number of carbonyl (C=O) groups is 1. The van der Waals surface area contributed by atoms with E-state index in [1.165, 1.54) is 0 Å². The highest BCUT2D eigenvalue weighted by atomic mass is 16.2. The third-order valence-electron chi connectivity index (χ3n) is 4.81. The Morgan fingerprint density at radius 3 is 3.05 bits per heavy atom. The van der Waals surface area contributed by atoms with Crippen molar-refractivity contribution >= 4 is 5.91 Å². The van der Waals surface area contributed by atoms with Gasteiger partial charge in [0, 0.05) is 31.9 Å². The molecule has 2 fully saturated rings. The topological polar surface area (TPSA) is 57.3 Å². The minimum atomic E-state index is 0.0266. The van der Waals surface area contributed by atoms with Gasteiger partial charge in [0.25, 0.3) is 0 Å². The number of carbonyl (C=O) groups excluding carboxylic acids is 1. The number of pyridine rings is 1. The van der Waals surface area contributed by atoms with Gasteiger partial charge in [-0.15, -0.1) is 0 Å². The zero-order chi connectivity index (χ0) is 15.4. The number of amides is 1. The van der Waals surface area contributed by atoms with Gasteiger partial charge in [-0.1, -0.05) is 13.0 Å². The summed E-state index contributed by atoms with van der Waals surface area (Å²) in [5, 5.41) is 6.52. The van der Waals surface area contributed by atoms with Gasteiger partial charge >= 0.3 is 0 Å². The summed E-state index contributed by atoms with van der Waals surface area (Å²) in [5.41, 5.74) is 1.12. The third-order valence-corrected chi connectivity index (χ3v) is 4.81. The van der Waals surface area contributed by atoms with Crippen molar-refractivity contribution < 1.29 is 4.79 Å². The van der Waals surface area contributed by atoms with E-state index in [2.05, 4.69) is 33.5 Å². The predicted octanol–water partition coefficient (Wildman–Crippen LogP) is 1.16. The number of rotatable bonds is 4. The van der Waals surface area contributed by atoms with Gasteiger partial charge in [-0.05, 0) is 43.9 Å². The Morgan fingerprint density at radius 2 is 2.36 bits per heavy atom. The molecular weight excluding hydrogens is 276 g/mol. The van der Waals surface area contributed by atoms with Crippen LogP contribution in [0.3, 0.4) is 0 Å². The molecule has 1 amide bonds. The number of nitrogens with zero attached hydrogens (tertiary/aromatic N) is 2. The van der Waals surface area contributed by atoms with E-state index in [0.717, 1.165) is 51.1 Å². The average molecular weight is 302 g/mol. The number of likely N-dealkylation sites (tertiary alicyclic amines) is 1. The van der Waals surface area contributed by atoms with Crippen LogP contribution in [-0.4, -0.2) is 47.5 Å². The Labute approximate surface area is 132 Å². The summed E-state index contributed by atoms with van der Waals surface area (Å²) in [5.74, 6) is 0.662. The van der Waals surface area contributed by atoms with Crippen LogP contribution in [0.15, 0.2) is 24.4 Å². The van der Waals surface area contributed by atoms with Gasteiger partial charge in [0.05, 0.1) is 11.7 Å². The molecule has 2 aliphatic rings. The van der Waals surface area contributed by atoms with Crippen LogP contribution >= 0.6 is 0 Å². The summed E-state index contributed by atoms with van der Waals surface area (Å²) in [6.07, 6.45) is 4.95. The maximum atomic E-state index is 12.2. The molecule has 120 valence electrons. The van der Waals surface area contributed by atoms with E-state index in [-0.39, 0.29) is 11.9 Å². The van der Waals surface area contributed by atoms with Gasteiger partial charge in [0.15, 0.2) is 0 Å². The summed E-state index contributed by atoms with van der Waals surface area (Å²) in [7, 11) is 0. The Kier molecular flexibility index (Phi) is 5.05. The van der Waals surface area contributed by atoms with Gasteiger partial charge in [-0.3, -0.25) is 14.7 Å². The Balaban J connectivity index is 1.48. The lowest BCUT2D eigenvalue weighted by Crippen LogP contribution is -2.53. The molecule has 0 aromatic carbocycles. The smallest absolute Gasteiger partial charge is 0.237 e. The molecule has 0 saturated carbocycles. The summed E-state index contributed by atoms with van der Waals surface area (Å²) >= 11 is 0. The number of piperidine rings is 1. The Morgan fingerprint density at radius 1 is 1.45 bits per heavy atom. The fourth-order valence-electron chi connectivity index (χ4n) is 3.50. The molecule has 2 N–H and O–H groups in total. The van der Waals surface area contributed by atoms with Crippen molar-refractivity contribution in [3.63, 3.8) is 0 Å². The molecule has 0 radical (unpaired) electrons. The first kappa shape index (κ1) is 15.4. The van der Waals surface area contributed by atoms with Crippen LogP contribution < -0.4 is 10.6 Å². The summed E-state index contributed by atoms with van der Waals surface area (Å²) in [6.45, 7) is 6.13. The van der Waals surface area contributed by atoms with E-state index in [4.69, 9.17) is 0 Å². The van der Waals surface area contributed by atoms with Crippen LogP contribution in [0.4, 0.5) is 0 Å². The van der Waals surface area contributed by atoms with Crippen molar-refractivity contribution in [2.24, 2.45) is 5.92 Å². The first-order chi connectivity index (χ1) is 10.7. The quantitative estimate of drug-likeness (QED) is 0.876. The van der Waals surface area contributed by atoms with E-state index in [9.17, 15) is 4.79 Å². The molecule has 0 aliphatic carbocycles. The standard InChI is InChI=1S/C17H26N4O/c1-13-11-21(12-14-5-2-3-8-18-14)10-7-15(13)20-17(22)16-6-4-9-19-16/h2-3,5,8,13,15-16,19H,4,6-7,9-12H2,1H3,(H,20,22)/t13-,15+,16+/m1/s1. The molecule has 0 bridgehead atoms. The van der Waals surface area contributed by atoms with Gasteiger partial charge in [0.1, 0.15) is 0 Å². The molecular formula is C17H26N4O. The zero-order valence-electron chi connectivity index (χ0n) is 13.3. The van der Waals surface area contributed by atoms with Crippen molar-refractivity contribution in [1.82, 2.24) is 20.5 Å². The van der Waals surface area contributed by atoms with E-state index < -0.39 is 0 Å². The largest absolute Gasteiger partial charge is 0.352 e. The molecule has 5 nitrogen and oxygen atoms in total. The number of nitrogens with one attached hydrogen (secondary N) is 2. The number of aromatic nitrogens is 1. The lowest BCUT2D eigenvalue weighted by Gasteiger charge is -2.37. The van der Waals surface area contributed by atoms with Crippen molar-refractivity contribution in [3.05, 3.63) is 30.1 Å². The second-order valence-corrected chi connectivity index (χ2v) is 6.59. The van der Waals surface area contributed by atoms with Crippen LogP contribution in [0.5, 0.6) is 0 Å². The van der Waals surface area contributed by atoms with Gasteiger partial charge < -0.3 is 10.6 Å². The fourth-order valence-corrected chi connectivity index (χ4v) is 3.50. The van der Waals surface area contributed by atoms with E-state index in [0.29, 0.717) is 12.0 Å². The molecule has 3 atom stereocenters. The molecule has 0 spiro atoms. The van der Waals surface area contributed by atoms with Crippen LogP contribution in [-0.2, 0) is 11.3 Å².